The summed E-state index contributed by atoms with van der Waals surface area (Å²) in [5.74, 6) is -0.327. The second-order valence-corrected chi connectivity index (χ2v) is 8.26. The van der Waals surface area contributed by atoms with E-state index in [1.165, 1.54) is 23.8 Å². The molecule has 0 fully saturated rings. The molecule has 0 saturated heterocycles. The smallest absolute Gasteiger partial charge is 0.266 e. The lowest BCUT2D eigenvalue weighted by Crippen LogP contribution is -2.26. The first-order valence-electron chi connectivity index (χ1n) is 9.87. The van der Waals surface area contributed by atoms with Gasteiger partial charge in [-0.3, -0.25) is 14.2 Å². The summed E-state index contributed by atoms with van der Waals surface area (Å²) in [6.07, 6.45) is 0. The van der Waals surface area contributed by atoms with Crippen LogP contribution in [0.1, 0.15) is 6.92 Å². The lowest BCUT2D eigenvalue weighted by atomic mass is 10.2. The van der Waals surface area contributed by atoms with E-state index >= 15 is 0 Å². The highest BCUT2D eigenvalue weighted by Crippen LogP contribution is 2.28. The number of fused-ring (bicyclic) bond motifs is 1. The average molecular weight is 450 g/mol. The summed E-state index contributed by atoms with van der Waals surface area (Å²) in [6, 6.07) is 19.9. The zero-order chi connectivity index (χ0) is 22.7. The number of ether oxygens (including phenoxy) is 1. The van der Waals surface area contributed by atoms with Gasteiger partial charge in [0.15, 0.2) is 5.16 Å². The summed E-state index contributed by atoms with van der Waals surface area (Å²) in [5, 5.41) is 2.79. The average Bonchev–Trinajstić information content (AvgIpc) is 2.80. The summed E-state index contributed by atoms with van der Waals surface area (Å²) in [5.41, 5.74) is 0.687. The molecule has 1 N–H and O–H groups in total. The van der Waals surface area contributed by atoms with Gasteiger partial charge >= 0.3 is 0 Å². The second kappa shape index (κ2) is 9.23. The largest absolute Gasteiger partial charge is 0.495 e. The molecule has 4 rings (SSSR count). The fourth-order valence-corrected chi connectivity index (χ4v) is 4.15. The minimum absolute atomic E-state index is 0.0792. The summed E-state index contributed by atoms with van der Waals surface area (Å²) in [7, 11) is 1.52. The summed E-state index contributed by atoms with van der Waals surface area (Å²) >= 11 is 1.08. The molecule has 0 bridgehead atoms. The molecule has 0 radical (unpaired) electrons. The number of hydrogen-bond donors (Lipinski definition) is 1. The van der Waals surface area contributed by atoms with Crippen molar-refractivity contribution in [3.05, 3.63) is 89.0 Å². The van der Waals surface area contributed by atoms with Crippen molar-refractivity contribution < 1.29 is 13.9 Å². The van der Waals surface area contributed by atoms with Crippen LogP contribution in [0.15, 0.2) is 82.7 Å². The van der Waals surface area contributed by atoms with E-state index in [2.05, 4.69) is 10.3 Å². The molecule has 1 heterocycles. The van der Waals surface area contributed by atoms with Gasteiger partial charge in [-0.2, -0.15) is 0 Å². The zero-order valence-corrected chi connectivity index (χ0v) is 18.2. The van der Waals surface area contributed by atoms with Crippen molar-refractivity contribution >= 4 is 34.3 Å². The van der Waals surface area contributed by atoms with E-state index in [0.717, 1.165) is 11.8 Å². The van der Waals surface area contributed by atoms with Crippen LogP contribution in [-0.2, 0) is 4.79 Å². The Morgan fingerprint density at radius 2 is 1.75 bits per heavy atom. The van der Waals surface area contributed by atoms with E-state index in [9.17, 15) is 14.0 Å². The molecule has 3 aromatic carbocycles. The molecule has 1 unspecified atom stereocenters. The Balaban J connectivity index is 1.73. The highest BCUT2D eigenvalue weighted by Gasteiger charge is 2.22. The lowest BCUT2D eigenvalue weighted by Gasteiger charge is -2.17. The van der Waals surface area contributed by atoms with Gasteiger partial charge in [0.05, 0.1) is 34.6 Å². The number of carbonyl (C=O) groups is 1. The van der Waals surface area contributed by atoms with Crippen molar-refractivity contribution in [2.75, 3.05) is 12.4 Å². The highest BCUT2D eigenvalue weighted by molar-refractivity contribution is 8.00. The van der Waals surface area contributed by atoms with Gasteiger partial charge in [-0.25, -0.2) is 9.37 Å². The Bertz CT molecular complexity index is 1360. The van der Waals surface area contributed by atoms with Crippen LogP contribution in [0.4, 0.5) is 10.1 Å². The van der Waals surface area contributed by atoms with Crippen molar-refractivity contribution in [1.82, 2.24) is 9.55 Å². The van der Waals surface area contributed by atoms with Crippen LogP contribution >= 0.6 is 11.8 Å². The van der Waals surface area contributed by atoms with Crippen molar-refractivity contribution in [2.45, 2.75) is 17.3 Å². The Morgan fingerprint density at radius 3 is 2.53 bits per heavy atom. The standard InChI is InChI=1S/C24H20FN3O3S/c1-15(22(29)26-19-12-6-8-14-21(19)31-2)32-24-27-18-11-5-3-9-16(18)23(30)28(24)20-13-7-4-10-17(20)25/h3-15H,1-2H3,(H,26,29). The highest BCUT2D eigenvalue weighted by atomic mass is 32.2. The van der Waals surface area contributed by atoms with Crippen LogP contribution in [0, 0.1) is 5.82 Å². The molecule has 6 nitrogen and oxygen atoms in total. The number of thioether (sulfide) groups is 1. The normalized spacial score (nSPS) is 11.8. The number of aromatic nitrogens is 2. The van der Waals surface area contributed by atoms with Gasteiger partial charge in [-0.1, -0.05) is 48.2 Å². The number of para-hydroxylation sites is 4. The topological polar surface area (TPSA) is 73.2 Å². The minimum atomic E-state index is -0.633. The van der Waals surface area contributed by atoms with Crippen LogP contribution in [0.3, 0.4) is 0 Å². The third-order valence-corrected chi connectivity index (χ3v) is 5.91. The summed E-state index contributed by atoms with van der Waals surface area (Å²) < 4.78 is 21.1. The molecule has 0 saturated carbocycles. The molecule has 4 aromatic rings. The van der Waals surface area contributed by atoms with Gasteiger partial charge in [0.25, 0.3) is 5.56 Å². The van der Waals surface area contributed by atoms with Gasteiger partial charge < -0.3 is 10.1 Å². The first kappa shape index (κ1) is 21.6. The van der Waals surface area contributed by atoms with Crippen LogP contribution in [0.25, 0.3) is 16.6 Å². The van der Waals surface area contributed by atoms with Crippen molar-refractivity contribution in [2.24, 2.45) is 0 Å². The van der Waals surface area contributed by atoms with Crippen LogP contribution in [0.5, 0.6) is 5.75 Å². The van der Waals surface area contributed by atoms with E-state index in [1.807, 2.05) is 0 Å². The summed E-state index contributed by atoms with van der Waals surface area (Å²) in [4.78, 5) is 30.7. The van der Waals surface area contributed by atoms with E-state index in [4.69, 9.17) is 4.74 Å². The number of carbonyl (C=O) groups excluding carboxylic acids is 1. The van der Waals surface area contributed by atoms with Gasteiger partial charge in [0, 0.05) is 0 Å². The predicted octanol–water partition coefficient (Wildman–Crippen LogP) is 4.65. The molecule has 1 atom stereocenters. The number of methoxy groups -OCH3 is 1. The third-order valence-electron chi connectivity index (χ3n) is 4.85. The molecular formula is C24H20FN3O3S. The quantitative estimate of drug-likeness (QED) is 0.343. The lowest BCUT2D eigenvalue weighted by molar-refractivity contribution is -0.115. The number of amides is 1. The maximum Gasteiger partial charge on any atom is 0.266 e. The number of halogens is 1. The van der Waals surface area contributed by atoms with Crippen molar-refractivity contribution in [1.29, 1.82) is 0 Å². The zero-order valence-electron chi connectivity index (χ0n) is 17.4. The molecule has 1 aromatic heterocycles. The number of anilines is 1. The van der Waals surface area contributed by atoms with E-state index in [-0.39, 0.29) is 16.8 Å². The number of nitrogens with one attached hydrogen (secondary N) is 1. The van der Waals surface area contributed by atoms with E-state index in [1.54, 1.807) is 67.6 Å². The third kappa shape index (κ3) is 4.22. The monoisotopic (exact) mass is 449 g/mol. The Kier molecular flexibility index (Phi) is 6.23. The minimum Gasteiger partial charge on any atom is -0.495 e. The molecular weight excluding hydrogens is 429 g/mol. The molecule has 0 spiro atoms. The SMILES string of the molecule is COc1ccccc1NC(=O)C(C)Sc1nc2ccccc2c(=O)n1-c1ccccc1F. The van der Waals surface area contributed by atoms with Gasteiger partial charge in [-0.05, 0) is 43.3 Å². The predicted molar refractivity (Wildman–Crippen MR) is 124 cm³/mol. The molecule has 8 heteroatoms. The van der Waals surface area contributed by atoms with Gasteiger partial charge in [-0.15, -0.1) is 0 Å². The number of benzene rings is 3. The Morgan fingerprint density at radius 1 is 1.06 bits per heavy atom. The molecule has 0 aliphatic rings. The number of rotatable bonds is 6. The summed E-state index contributed by atoms with van der Waals surface area (Å²) in [6.45, 7) is 1.70. The van der Waals surface area contributed by atoms with Crippen molar-refractivity contribution in [3.63, 3.8) is 0 Å². The maximum atomic E-state index is 14.6. The van der Waals surface area contributed by atoms with Gasteiger partial charge in [0.2, 0.25) is 5.91 Å². The molecule has 32 heavy (non-hydrogen) atoms. The van der Waals surface area contributed by atoms with Crippen LogP contribution in [0.2, 0.25) is 0 Å². The molecule has 0 aliphatic carbocycles. The number of nitrogens with zero attached hydrogens (tertiary/aromatic N) is 2. The molecule has 162 valence electrons. The molecule has 0 aliphatic heterocycles. The number of hydrogen-bond acceptors (Lipinski definition) is 5. The Labute approximate surface area is 188 Å². The van der Waals surface area contributed by atoms with Crippen LogP contribution in [-0.4, -0.2) is 27.8 Å². The van der Waals surface area contributed by atoms with Gasteiger partial charge in [0.1, 0.15) is 11.6 Å². The fraction of sp³-hybridized carbons (Fsp3) is 0.125. The van der Waals surface area contributed by atoms with Crippen LogP contribution < -0.4 is 15.6 Å². The maximum absolute atomic E-state index is 14.6. The van der Waals surface area contributed by atoms with E-state index < -0.39 is 16.6 Å². The molecule has 1 amide bonds. The first-order valence-corrected chi connectivity index (χ1v) is 10.7. The Hall–Kier alpha value is -3.65. The van der Waals surface area contributed by atoms with Crippen molar-refractivity contribution in [3.8, 4) is 11.4 Å². The first-order chi connectivity index (χ1) is 15.5. The van der Waals surface area contributed by atoms with E-state index in [0.29, 0.717) is 22.3 Å². The second-order valence-electron chi connectivity index (χ2n) is 6.95. The fourth-order valence-electron chi connectivity index (χ4n) is 3.23.